The van der Waals surface area contributed by atoms with Crippen molar-refractivity contribution < 1.29 is 14.3 Å². The van der Waals surface area contributed by atoms with Gasteiger partial charge in [0.1, 0.15) is 11.4 Å². The molecule has 0 fully saturated rings. The maximum Gasteiger partial charge on any atom is 0.259 e. The zero-order valence-electron chi connectivity index (χ0n) is 10.6. The summed E-state index contributed by atoms with van der Waals surface area (Å²) in [6, 6.07) is 8.28. The summed E-state index contributed by atoms with van der Waals surface area (Å²) in [6.45, 7) is 1.40. The van der Waals surface area contributed by atoms with E-state index in [2.05, 4.69) is 15.6 Å². The minimum Gasteiger partial charge on any atom is -0.436 e. The summed E-state index contributed by atoms with van der Waals surface area (Å²) < 4.78 is 5.63. The number of rotatable bonds is 1. The lowest BCUT2D eigenvalue weighted by atomic mass is 10.1. The van der Waals surface area contributed by atoms with Gasteiger partial charge in [0.05, 0.1) is 5.56 Å². The molecule has 0 saturated heterocycles. The quantitative estimate of drug-likeness (QED) is 0.833. The molecule has 0 radical (unpaired) electrons. The molecule has 0 aliphatic carbocycles. The summed E-state index contributed by atoms with van der Waals surface area (Å²) >= 11 is 0. The van der Waals surface area contributed by atoms with Crippen molar-refractivity contribution >= 4 is 23.2 Å². The highest BCUT2D eigenvalue weighted by atomic mass is 16.5. The summed E-state index contributed by atoms with van der Waals surface area (Å²) in [5, 5.41) is 5.35. The van der Waals surface area contributed by atoms with E-state index in [9.17, 15) is 9.59 Å². The molecule has 0 saturated carbocycles. The van der Waals surface area contributed by atoms with E-state index in [1.165, 1.54) is 6.92 Å². The molecular weight excluding hydrogens is 258 g/mol. The Hall–Kier alpha value is -2.89. The van der Waals surface area contributed by atoms with Crippen LogP contribution in [0, 0.1) is 0 Å². The van der Waals surface area contributed by atoms with Crippen molar-refractivity contribution in [3.8, 4) is 11.6 Å². The zero-order chi connectivity index (χ0) is 14.1. The molecule has 2 aromatic rings. The predicted octanol–water partition coefficient (Wildman–Crippen LogP) is 2.40. The molecule has 20 heavy (non-hydrogen) atoms. The molecule has 1 aromatic carbocycles. The van der Waals surface area contributed by atoms with Crippen LogP contribution in [0.2, 0.25) is 0 Å². The van der Waals surface area contributed by atoms with Crippen molar-refractivity contribution in [2.75, 3.05) is 10.6 Å². The number of pyridine rings is 1. The summed E-state index contributed by atoms with van der Waals surface area (Å²) in [5.41, 5.74) is 1.39. The van der Waals surface area contributed by atoms with Crippen molar-refractivity contribution in [3.63, 3.8) is 0 Å². The number of ether oxygens (including phenoxy) is 1. The Morgan fingerprint density at radius 2 is 2.20 bits per heavy atom. The second-order valence-electron chi connectivity index (χ2n) is 4.30. The Labute approximate surface area is 114 Å². The lowest BCUT2D eigenvalue weighted by Gasteiger charge is -2.08. The van der Waals surface area contributed by atoms with Gasteiger partial charge in [0, 0.05) is 18.8 Å². The van der Waals surface area contributed by atoms with Gasteiger partial charge in [0.15, 0.2) is 0 Å². The maximum absolute atomic E-state index is 12.2. The molecule has 3 rings (SSSR count). The van der Waals surface area contributed by atoms with E-state index in [1.807, 2.05) is 0 Å². The van der Waals surface area contributed by atoms with Crippen molar-refractivity contribution in [1.29, 1.82) is 0 Å². The first-order valence-corrected chi connectivity index (χ1v) is 5.99. The molecule has 0 bridgehead atoms. The fraction of sp³-hybridized carbons (Fsp3) is 0.0714. The molecule has 6 nitrogen and oxygen atoms in total. The Kier molecular flexibility index (Phi) is 2.83. The lowest BCUT2D eigenvalue weighted by Crippen LogP contribution is -2.12. The fourth-order valence-electron chi connectivity index (χ4n) is 1.94. The first-order chi connectivity index (χ1) is 9.63. The standard InChI is InChI=1S/C14H11N3O3/c1-8(18)16-9-4-5-12-10(7-9)13(19)17-11-3-2-6-15-14(11)20-12/h2-7H,1H3,(H,16,18)(H,17,19). The molecule has 6 heteroatoms. The van der Waals surface area contributed by atoms with E-state index in [0.717, 1.165) is 0 Å². The SMILES string of the molecule is CC(=O)Nc1ccc2c(c1)C(=O)Nc1cccnc1O2. The van der Waals surface area contributed by atoms with Crippen molar-refractivity contribution in [2.45, 2.75) is 6.92 Å². The maximum atomic E-state index is 12.2. The highest BCUT2D eigenvalue weighted by Crippen LogP contribution is 2.34. The molecule has 2 amide bonds. The van der Waals surface area contributed by atoms with E-state index in [0.29, 0.717) is 28.6 Å². The highest BCUT2D eigenvalue weighted by Gasteiger charge is 2.21. The molecule has 100 valence electrons. The topological polar surface area (TPSA) is 80.3 Å². The lowest BCUT2D eigenvalue weighted by molar-refractivity contribution is -0.114. The number of aromatic nitrogens is 1. The Morgan fingerprint density at radius 1 is 1.35 bits per heavy atom. The minimum atomic E-state index is -0.307. The second-order valence-corrected chi connectivity index (χ2v) is 4.30. The van der Waals surface area contributed by atoms with Crippen molar-refractivity contribution in [3.05, 3.63) is 42.1 Å². The van der Waals surface area contributed by atoms with Crippen molar-refractivity contribution in [1.82, 2.24) is 4.98 Å². The van der Waals surface area contributed by atoms with Gasteiger partial charge in [-0.25, -0.2) is 4.98 Å². The van der Waals surface area contributed by atoms with E-state index >= 15 is 0 Å². The summed E-state index contributed by atoms with van der Waals surface area (Å²) in [5.74, 6) is 0.227. The number of nitrogens with one attached hydrogen (secondary N) is 2. The first kappa shape index (κ1) is 12.2. The molecule has 0 spiro atoms. The minimum absolute atomic E-state index is 0.204. The average Bonchev–Trinajstić information content (AvgIpc) is 2.54. The van der Waals surface area contributed by atoms with E-state index in [-0.39, 0.29) is 11.8 Å². The van der Waals surface area contributed by atoms with Gasteiger partial charge in [-0.3, -0.25) is 9.59 Å². The average molecular weight is 269 g/mol. The Balaban J connectivity index is 2.04. The molecule has 1 aliphatic rings. The second kappa shape index (κ2) is 4.65. The fourth-order valence-corrected chi connectivity index (χ4v) is 1.94. The van der Waals surface area contributed by atoms with Crippen molar-refractivity contribution in [2.24, 2.45) is 0 Å². The number of hydrogen-bond acceptors (Lipinski definition) is 4. The number of anilines is 2. The molecule has 0 atom stereocenters. The van der Waals surface area contributed by atoms with Crippen LogP contribution < -0.4 is 15.4 Å². The first-order valence-electron chi connectivity index (χ1n) is 5.99. The van der Waals surface area contributed by atoms with Gasteiger partial charge < -0.3 is 15.4 Å². The van der Waals surface area contributed by atoms with Gasteiger partial charge in [-0.05, 0) is 30.3 Å². The van der Waals surface area contributed by atoms with Crippen LogP contribution in [0.3, 0.4) is 0 Å². The number of carbonyl (C=O) groups excluding carboxylic acids is 2. The van der Waals surface area contributed by atoms with Crippen LogP contribution in [0.5, 0.6) is 11.6 Å². The number of nitrogens with zero attached hydrogens (tertiary/aromatic N) is 1. The number of fused-ring (bicyclic) bond motifs is 2. The zero-order valence-corrected chi connectivity index (χ0v) is 10.6. The van der Waals surface area contributed by atoms with Crippen LogP contribution in [0.15, 0.2) is 36.5 Å². The third-order valence-corrected chi connectivity index (χ3v) is 2.77. The normalized spacial score (nSPS) is 12.3. The van der Waals surface area contributed by atoms with Crippen LogP contribution in [-0.2, 0) is 4.79 Å². The van der Waals surface area contributed by atoms with Gasteiger partial charge in [-0.15, -0.1) is 0 Å². The Bertz CT molecular complexity index is 713. The van der Waals surface area contributed by atoms with Crippen LogP contribution >= 0.6 is 0 Å². The van der Waals surface area contributed by atoms with Crippen LogP contribution in [0.25, 0.3) is 0 Å². The molecule has 0 unspecified atom stereocenters. The Morgan fingerprint density at radius 3 is 3.00 bits per heavy atom. The third-order valence-electron chi connectivity index (χ3n) is 2.77. The molecule has 1 aliphatic heterocycles. The summed E-state index contributed by atoms with van der Waals surface area (Å²) in [7, 11) is 0. The van der Waals surface area contributed by atoms with Crippen LogP contribution in [0.4, 0.5) is 11.4 Å². The van der Waals surface area contributed by atoms with E-state index in [1.54, 1.807) is 36.5 Å². The van der Waals surface area contributed by atoms with Crippen LogP contribution in [0.1, 0.15) is 17.3 Å². The summed E-state index contributed by atoms with van der Waals surface area (Å²) in [6.07, 6.45) is 1.58. The van der Waals surface area contributed by atoms with E-state index < -0.39 is 0 Å². The van der Waals surface area contributed by atoms with E-state index in [4.69, 9.17) is 4.74 Å². The molecular formula is C14H11N3O3. The smallest absolute Gasteiger partial charge is 0.259 e. The van der Waals surface area contributed by atoms with Gasteiger partial charge in [-0.1, -0.05) is 0 Å². The van der Waals surface area contributed by atoms with Gasteiger partial charge in [0.25, 0.3) is 5.91 Å². The van der Waals surface area contributed by atoms with Crippen LogP contribution in [-0.4, -0.2) is 16.8 Å². The highest BCUT2D eigenvalue weighted by molar-refractivity contribution is 6.08. The largest absolute Gasteiger partial charge is 0.436 e. The molecule has 2 N–H and O–H groups in total. The predicted molar refractivity (Wildman–Crippen MR) is 73.0 cm³/mol. The number of benzene rings is 1. The van der Waals surface area contributed by atoms with Gasteiger partial charge >= 0.3 is 0 Å². The molecule has 2 heterocycles. The molecule has 1 aromatic heterocycles. The monoisotopic (exact) mass is 269 g/mol. The number of hydrogen-bond donors (Lipinski definition) is 2. The van der Waals surface area contributed by atoms with Gasteiger partial charge in [-0.2, -0.15) is 0 Å². The summed E-state index contributed by atoms with van der Waals surface area (Å²) in [4.78, 5) is 27.3. The number of amides is 2. The van der Waals surface area contributed by atoms with Gasteiger partial charge in [0.2, 0.25) is 11.8 Å². The number of carbonyl (C=O) groups is 2. The third kappa shape index (κ3) is 2.18.